The van der Waals surface area contributed by atoms with Gasteiger partial charge in [-0.25, -0.2) is 0 Å². The van der Waals surface area contributed by atoms with Crippen LogP contribution in [0.2, 0.25) is 0 Å². The second-order valence-electron chi connectivity index (χ2n) is 3.33. The molecule has 5 heteroatoms. The second kappa shape index (κ2) is 3.83. The highest BCUT2D eigenvalue weighted by Gasteiger charge is 2.22. The van der Waals surface area contributed by atoms with Crippen molar-refractivity contribution in [2.24, 2.45) is 0 Å². The summed E-state index contributed by atoms with van der Waals surface area (Å²) in [4.78, 5) is 1.38. The molecule has 3 rings (SSSR count). The maximum atomic E-state index is 3.84. The third-order valence-corrected chi connectivity index (χ3v) is 4.16. The number of fused-ring (bicyclic) bond motifs is 1. The van der Waals surface area contributed by atoms with Gasteiger partial charge in [-0.1, -0.05) is 22.7 Å². The molecule has 2 aromatic rings. The first-order valence-corrected chi connectivity index (χ1v) is 6.45. The highest BCUT2D eigenvalue weighted by molar-refractivity contribution is 7.99. The molecule has 0 aliphatic carbocycles. The molecule has 0 spiro atoms. The zero-order valence-corrected chi connectivity index (χ0v) is 9.52. The topological polar surface area (TPSA) is 37.8 Å². The van der Waals surface area contributed by atoms with Gasteiger partial charge >= 0.3 is 0 Å². The number of thioether (sulfide) groups is 1. The van der Waals surface area contributed by atoms with E-state index < -0.39 is 0 Å². The number of hydrogen-bond donors (Lipinski definition) is 1. The molecule has 0 radical (unpaired) electrons. The van der Waals surface area contributed by atoms with Crippen LogP contribution < -0.4 is 5.32 Å². The summed E-state index contributed by atoms with van der Waals surface area (Å²) in [5.41, 5.74) is 1.39. The molecule has 0 fully saturated rings. The fourth-order valence-electron chi connectivity index (χ4n) is 1.68. The van der Waals surface area contributed by atoms with E-state index in [2.05, 4.69) is 39.2 Å². The molecule has 0 amide bonds. The molecule has 0 saturated carbocycles. The van der Waals surface area contributed by atoms with Crippen LogP contribution in [0, 0.1) is 0 Å². The van der Waals surface area contributed by atoms with Gasteiger partial charge in [0.2, 0.25) is 0 Å². The molecule has 3 nitrogen and oxygen atoms in total. The highest BCUT2D eigenvalue weighted by Crippen LogP contribution is 2.39. The molecule has 1 aliphatic rings. The van der Waals surface area contributed by atoms with Gasteiger partial charge < -0.3 is 5.32 Å². The Labute approximate surface area is 96.1 Å². The predicted octanol–water partition coefficient (Wildman–Crippen LogP) is 2.80. The van der Waals surface area contributed by atoms with E-state index in [1.807, 2.05) is 11.8 Å². The average molecular weight is 235 g/mol. The predicted molar refractivity (Wildman–Crippen MR) is 63.4 cm³/mol. The Morgan fingerprint density at radius 2 is 2.27 bits per heavy atom. The zero-order chi connectivity index (χ0) is 10.1. The normalized spacial score (nSPS) is 18.8. The number of hydrogen-bond acceptors (Lipinski definition) is 5. The SMILES string of the molecule is c1ccc2c(c1)SCC2Nc1cnns1. The Kier molecular flexibility index (Phi) is 2.34. The Bertz CT molecular complexity index is 455. The molecule has 0 bridgehead atoms. The lowest BCUT2D eigenvalue weighted by Gasteiger charge is -2.11. The fraction of sp³-hybridized carbons (Fsp3) is 0.200. The van der Waals surface area contributed by atoms with Crippen LogP contribution in [0.4, 0.5) is 5.00 Å². The minimum Gasteiger partial charge on any atom is -0.367 e. The van der Waals surface area contributed by atoms with Crippen molar-refractivity contribution in [1.29, 1.82) is 0 Å². The van der Waals surface area contributed by atoms with Crippen molar-refractivity contribution in [2.45, 2.75) is 10.9 Å². The number of nitrogens with zero attached hydrogens (tertiary/aromatic N) is 2. The highest BCUT2D eigenvalue weighted by atomic mass is 32.2. The van der Waals surface area contributed by atoms with Crippen molar-refractivity contribution in [2.75, 3.05) is 11.1 Å². The number of benzene rings is 1. The Balaban J connectivity index is 1.85. The largest absolute Gasteiger partial charge is 0.367 e. The first kappa shape index (κ1) is 9.18. The molecule has 1 N–H and O–H groups in total. The summed E-state index contributed by atoms with van der Waals surface area (Å²) in [6, 6.07) is 8.93. The van der Waals surface area contributed by atoms with E-state index in [1.54, 1.807) is 6.20 Å². The van der Waals surface area contributed by atoms with Crippen LogP contribution in [-0.4, -0.2) is 15.3 Å². The van der Waals surface area contributed by atoms with Crippen molar-refractivity contribution in [3.63, 3.8) is 0 Å². The third kappa shape index (κ3) is 1.72. The van der Waals surface area contributed by atoms with E-state index in [4.69, 9.17) is 0 Å². The zero-order valence-electron chi connectivity index (χ0n) is 7.88. The van der Waals surface area contributed by atoms with Gasteiger partial charge in [0.1, 0.15) is 5.00 Å². The maximum Gasteiger partial charge on any atom is 0.130 e. The first-order valence-electron chi connectivity index (χ1n) is 4.69. The van der Waals surface area contributed by atoms with Crippen LogP contribution in [0.3, 0.4) is 0 Å². The van der Waals surface area contributed by atoms with Crippen molar-refractivity contribution in [3.05, 3.63) is 36.0 Å². The molecule has 15 heavy (non-hydrogen) atoms. The molecule has 2 heterocycles. The van der Waals surface area contributed by atoms with E-state index in [1.165, 1.54) is 22.0 Å². The first-order chi connectivity index (χ1) is 7.43. The molecule has 76 valence electrons. The summed E-state index contributed by atoms with van der Waals surface area (Å²) in [7, 11) is 0. The van der Waals surface area contributed by atoms with Crippen LogP contribution in [0.15, 0.2) is 35.4 Å². The van der Waals surface area contributed by atoms with Gasteiger partial charge in [-0.15, -0.1) is 16.9 Å². The standard InChI is InChI=1S/C10H9N3S2/c1-2-4-9-7(3-1)8(6-14-9)12-10-5-11-13-15-10/h1-5,8,12H,6H2. The molecule has 1 aliphatic heterocycles. The van der Waals surface area contributed by atoms with Crippen molar-refractivity contribution < 1.29 is 0 Å². The Hall–Kier alpha value is -1.07. The molecule has 0 saturated heterocycles. The summed E-state index contributed by atoms with van der Waals surface area (Å²) in [6.45, 7) is 0. The van der Waals surface area contributed by atoms with Crippen molar-refractivity contribution >= 4 is 28.3 Å². The minimum absolute atomic E-state index is 0.397. The Morgan fingerprint density at radius 1 is 1.33 bits per heavy atom. The molecule has 1 aromatic heterocycles. The van der Waals surface area contributed by atoms with E-state index in [0.717, 1.165) is 10.8 Å². The van der Waals surface area contributed by atoms with Gasteiger partial charge in [-0.05, 0) is 11.6 Å². The van der Waals surface area contributed by atoms with Gasteiger partial charge in [0.25, 0.3) is 0 Å². The van der Waals surface area contributed by atoms with E-state index in [-0.39, 0.29) is 0 Å². The monoisotopic (exact) mass is 235 g/mol. The van der Waals surface area contributed by atoms with Crippen LogP contribution in [0.5, 0.6) is 0 Å². The molecule has 1 unspecified atom stereocenters. The quantitative estimate of drug-likeness (QED) is 0.868. The van der Waals surface area contributed by atoms with Gasteiger partial charge in [0.15, 0.2) is 0 Å². The van der Waals surface area contributed by atoms with Gasteiger partial charge in [-0.2, -0.15) is 0 Å². The summed E-state index contributed by atoms with van der Waals surface area (Å²) in [5, 5.41) is 8.31. The van der Waals surface area contributed by atoms with Crippen molar-refractivity contribution in [3.8, 4) is 0 Å². The number of nitrogens with one attached hydrogen (secondary N) is 1. The molecular weight excluding hydrogens is 226 g/mol. The summed E-state index contributed by atoms with van der Waals surface area (Å²) in [5.74, 6) is 1.08. The van der Waals surface area contributed by atoms with Crippen LogP contribution in [0.1, 0.15) is 11.6 Å². The fourth-order valence-corrected chi connectivity index (χ4v) is 3.32. The summed E-state index contributed by atoms with van der Waals surface area (Å²) in [6.07, 6.45) is 1.77. The molecule has 1 aromatic carbocycles. The van der Waals surface area contributed by atoms with E-state index in [0.29, 0.717) is 6.04 Å². The summed E-state index contributed by atoms with van der Waals surface area (Å²) < 4.78 is 3.84. The molecular formula is C10H9N3S2. The number of aromatic nitrogens is 2. The lowest BCUT2D eigenvalue weighted by Crippen LogP contribution is -2.08. The third-order valence-electron chi connectivity index (χ3n) is 2.38. The van der Waals surface area contributed by atoms with Crippen LogP contribution in [0.25, 0.3) is 0 Å². The van der Waals surface area contributed by atoms with Crippen LogP contribution in [-0.2, 0) is 0 Å². The van der Waals surface area contributed by atoms with Gasteiger partial charge in [0.05, 0.1) is 12.2 Å². The minimum atomic E-state index is 0.397. The van der Waals surface area contributed by atoms with Crippen molar-refractivity contribution in [1.82, 2.24) is 9.59 Å². The lowest BCUT2D eigenvalue weighted by atomic mass is 10.1. The van der Waals surface area contributed by atoms with Gasteiger partial charge in [0, 0.05) is 22.2 Å². The second-order valence-corrected chi connectivity index (χ2v) is 5.18. The number of rotatable bonds is 2. The van der Waals surface area contributed by atoms with Gasteiger partial charge in [-0.3, -0.25) is 0 Å². The van der Waals surface area contributed by atoms with E-state index in [9.17, 15) is 0 Å². The average Bonchev–Trinajstić information content (AvgIpc) is 2.89. The van der Waals surface area contributed by atoms with Crippen LogP contribution >= 0.6 is 23.3 Å². The smallest absolute Gasteiger partial charge is 0.130 e. The maximum absolute atomic E-state index is 3.84. The summed E-state index contributed by atoms with van der Waals surface area (Å²) >= 11 is 3.30. The Morgan fingerprint density at radius 3 is 3.13 bits per heavy atom. The number of anilines is 1. The molecule has 1 atom stereocenters. The van der Waals surface area contributed by atoms with E-state index >= 15 is 0 Å². The lowest BCUT2D eigenvalue weighted by molar-refractivity contribution is 0.904.